The van der Waals surface area contributed by atoms with E-state index in [1.54, 1.807) is 24.3 Å². The molecule has 0 aliphatic heterocycles. The number of esters is 1. The molecular formula is C21H23ClF3NO6. The van der Waals surface area contributed by atoms with E-state index in [0.29, 0.717) is 29.8 Å². The number of rotatable bonds is 7. The lowest BCUT2D eigenvalue weighted by Crippen LogP contribution is -2.54. The molecule has 0 radical (unpaired) electrons. The van der Waals surface area contributed by atoms with Crippen molar-refractivity contribution in [3.8, 4) is 0 Å². The Morgan fingerprint density at radius 2 is 1.81 bits per heavy atom. The quantitative estimate of drug-likeness (QED) is 0.423. The summed E-state index contributed by atoms with van der Waals surface area (Å²) in [7, 11) is 1.37. The summed E-state index contributed by atoms with van der Waals surface area (Å²) in [6.45, 7) is 1.19. The van der Waals surface area contributed by atoms with Crippen molar-refractivity contribution in [2.75, 3.05) is 7.05 Å². The Morgan fingerprint density at radius 1 is 1.16 bits per heavy atom. The van der Waals surface area contributed by atoms with Crippen LogP contribution < -0.4 is 0 Å². The topological polar surface area (TPSA) is 90.0 Å². The Labute approximate surface area is 187 Å². The Balaban J connectivity index is 2.09. The van der Waals surface area contributed by atoms with Gasteiger partial charge in [-0.05, 0) is 25.3 Å². The highest BCUT2D eigenvalue weighted by Crippen LogP contribution is 2.42. The molecule has 1 fully saturated rings. The summed E-state index contributed by atoms with van der Waals surface area (Å²) in [6, 6.07) is 6.63. The average Bonchev–Trinajstić information content (AvgIpc) is 2.71. The van der Waals surface area contributed by atoms with E-state index in [1.165, 1.54) is 14.0 Å². The molecule has 0 heterocycles. The highest BCUT2D eigenvalue weighted by molar-refractivity contribution is 6.31. The predicted octanol–water partition coefficient (Wildman–Crippen LogP) is 4.55. The van der Waals surface area contributed by atoms with Crippen LogP contribution in [0.4, 0.5) is 18.0 Å². The number of amides is 1. The van der Waals surface area contributed by atoms with Crippen LogP contribution in [0.2, 0.25) is 5.02 Å². The molecule has 0 N–H and O–H groups in total. The average molecular weight is 478 g/mol. The summed E-state index contributed by atoms with van der Waals surface area (Å²) >= 11 is 6.32. The van der Waals surface area contributed by atoms with Crippen LogP contribution in [0.25, 0.3) is 0 Å². The second-order valence-corrected chi connectivity index (χ2v) is 7.80. The van der Waals surface area contributed by atoms with Crippen molar-refractivity contribution in [3.05, 3.63) is 34.9 Å². The zero-order chi connectivity index (χ0) is 24.1. The molecule has 0 bridgehead atoms. The molecule has 1 unspecified atom stereocenters. The number of likely N-dealkylation sites (N-methyl/N-ethyl adjacent to an activating group) is 1. The largest absolute Gasteiger partial charge is 0.449 e. The first kappa shape index (κ1) is 25.6. The Bertz CT molecular complexity index is 891. The van der Waals surface area contributed by atoms with Crippen molar-refractivity contribution in [1.29, 1.82) is 0 Å². The lowest BCUT2D eigenvalue weighted by molar-refractivity contribution is -0.175. The van der Waals surface area contributed by atoms with Gasteiger partial charge < -0.3 is 9.47 Å². The van der Waals surface area contributed by atoms with Crippen molar-refractivity contribution in [2.45, 2.75) is 63.5 Å². The summed E-state index contributed by atoms with van der Waals surface area (Å²) < 4.78 is 46.5. The molecule has 1 aromatic carbocycles. The molecule has 176 valence electrons. The standard InChI is InChI=1S/C21H23ClF3NO6/c1-13(31-18(29)11-10-17(28)21(23,24)25)32-19(30)26(2)20(12-6-5-9-16(20)27)14-7-3-4-8-15(14)22/h3-4,7-8,13H,5-6,9-12H2,1-2H3/t13?,20-/m0/s1. The van der Waals surface area contributed by atoms with Gasteiger partial charge in [-0.15, -0.1) is 0 Å². The maximum Gasteiger partial charge on any atom is 0.449 e. The minimum absolute atomic E-state index is 0.216. The lowest BCUT2D eigenvalue weighted by Gasteiger charge is -2.43. The minimum atomic E-state index is -5.04. The Morgan fingerprint density at radius 3 is 2.41 bits per heavy atom. The SMILES string of the molecule is CC(OC(=O)CCC(=O)C(F)(F)F)OC(=O)N(C)[C@]1(c2ccccc2Cl)CCCCC1=O. The Kier molecular flexibility index (Phi) is 8.28. The van der Waals surface area contributed by atoms with Crippen molar-refractivity contribution in [1.82, 2.24) is 4.90 Å². The number of carbonyl (C=O) groups is 4. The van der Waals surface area contributed by atoms with E-state index in [2.05, 4.69) is 0 Å². The number of carbonyl (C=O) groups excluding carboxylic acids is 4. The maximum absolute atomic E-state index is 13.0. The molecule has 2 atom stereocenters. The fourth-order valence-electron chi connectivity index (χ4n) is 3.63. The van der Waals surface area contributed by atoms with Gasteiger partial charge in [-0.2, -0.15) is 13.2 Å². The molecule has 2 rings (SSSR count). The predicted molar refractivity (Wildman–Crippen MR) is 107 cm³/mol. The van der Waals surface area contributed by atoms with Crippen LogP contribution in [-0.4, -0.2) is 48.0 Å². The van der Waals surface area contributed by atoms with Gasteiger partial charge in [-0.1, -0.05) is 29.8 Å². The van der Waals surface area contributed by atoms with Gasteiger partial charge in [0.15, 0.2) is 5.78 Å². The second kappa shape index (κ2) is 10.3. The molecule has 7 nitrogen and oxygen atoms in total. The first-order valence-corrected chi connectivity index (χ1v) is 10.3. The molecule has 1 aliphatic rings. The number of ketones is 2. The summed E-state index contributed by atoms with van der Waals surface area (Å²) in [5, 5.41) is 0.302. The van der Waals surface area contributed by atoms with E-state index in [-0.39, 0.29) is 12.2 Å². The van der Waals surface area contributed by atoms with Gasteiger partial charge in [0.2, 0.25) is 12.1 Å². The molecule has 0 spiro atoms. The number of nitrogens with zero attached hydrogens (tertiary/aromatic N) is 1. The zero-order valence-corrected chi connectivity index (χ0v) is 18.3. The first-order chi connectivity index (χ1) is 14.9. The molecule has 0 aromatic heterocycles. The van der Waals surface area contributed by atoms with Crippen molar-refractivity contribution in [2.24, 2.45) is 0 Å². The van der Waals surface area contributed by atoms with E-state index >= 15 is 0 Å². The monoisotopic (exact) mass is 477 g/mol. The summed E-state index contributed by atoms with van der Waals surface area (Å²) in [5.74, 6) is -3.41. The molecule has 1 amide bonds. The molecule has 1 aliphatic carbocycles. The molecule has 1 saturated carbocycles. The second-order valence-electron chi connectivity index (χ2n) is 7.39. The van der Waals surface area contributed by atoms with E-state index < -0.39 is 48.7 Å². The van der Waals surface area contributed by atoms with E-state index in [1.807, 2.05) is 0 Å². The van der Waals surface area contributed by atoms with Gasteiger partial charge in [-0.3, -0.25) is 19.3 Å². The fourth-order valence-corrected chi connectivity index (χ4v) is 3.92. The van der Waals surface area contributed by atoms with Gasteiger partial charge in [-0.25, -0.2) is 4.79 Å². The zero-order valence-electron chi connectivity index (χ0n) is 17.5. The number of Topliss-reactive ketones (excluding diaryl/α,β-unsaturated/α-hetero) is 2. The summed E-state index contributed by atoms with van der Waals surface area (Å²) in [4.78, 5) is 49.4. The molecular weight excluding hydrogens is 455 g/mol. The van der Waals surface area contributed by atoms with Crippen LogP contribution in [0.3, 0.4) is 0 Å². The third-order valence-electron chi connectivity index (χ3n) is 5.26. The molecule has 1 aromatic rings. The van der Waals surface area contributed by atoms with Crippen LogP contribution in [0.15, 0.2) is 24.3 Å². The third kappa shape index (κ3) is 5.79. The number of hydrogen-bond donors (Lipinski definition) is 0. The van der Waals surface area contributed by atoms with Crippen LogP contribution in [0.5, 0.6) is 0 Å². The summed E-state index contributed by atoms with van der Waals surface area (Å²) in [5.41, 5.74) is -0.919. The maximum atomic E-state index is 13.0. The number of alkyl halides is 3. The highest BCUT2D eigenvalue weighted by atomic mass is 35.5. The van der Waals surface area contributed by atoms with E-state index in [0.717, 1.165) is 4.90 Å². The normalized spacial score (nSPS) is 19.8. The van der Waals surface area contributed by atoms with Crippen LogP contribution in [0.1, 0.15) is 51.0 Å². The van der Waals surface area contributed by atoms with E-state index in [4.69, 9.17) is 21.1 Å². The van der Waals surface area contributed by atoms with Gasteiger partial charge in [0, 0.05) is 37.4 Å². The molecule has 0 saturated heterocycles. The van der Waals surface area contributed by atoms with Crippen molar-refractivity contribution >= 4 is 35.2 Å². The number of halogens is 4. The van der Waals surface area contributed by atoms with Crippen LogP contribution >= 0.6 is 11.6 Å². The van der Waals surface area contributed by atoms with Gasteiger partial charge in [0.05, 0.1) is 6.42 Å². The van der Waals surface area contributed by atoms with Crippen molar-refractivity contribution in [3.63, 3.8) is 0 Å². The number of hydrogen-bond acceptors (Lipinski definition) is 6. The van der Waals surface area contributed by atoms with E-state index in [9.17, 15) is 32.3 Å². The minimum Gasteiger partial charge on any atom is -0.425 e. The number of ether oxygens (including phenoxy) is 2. The molecule has 32 heavy (non-hydrogen) atoms. The van der Waals surface area contributed by atoms with Crippen LogP contribution in [-0.2, 0) is 29.4 Å². The lowest BCUT2D eigenvalue weighted by atomic mass is 9.74. The van der Waals surface area contributed by atoms with Crippen LogP contribution in [0, 0.1) is 0 Å². The van der Waals surface area contributed by atoms with Crippen molar-refractivity contribution < 1.29 is 41.8 Å². The fraction of sp³-hybridized carbons (Fsp3) is 0.524. The third-order valence-corrected chi connectivity index (χ3v) is 5.59. The highest BCUT2D eigenvalue weighted by Gasteiger charge is 2.49. The van der Waals surface area contributed by atoms with Gasteiger partial charge in [0.1, 0.15) is 5.54 Å². The molecule has 11 heteroatoms. The van der Waals surface area contributed by atoms with Gasteiger partial charge >= 0.3 is 18.2 Å². The smallest absolute Gasteiger partial charge is 0.425 e. The van der Waals surface area contributed by atoms with Gasteiger partial charge in [0.25, 0.3) is 0 Å². The summed E-state index contributed by atoms with van der Waals surface area (Å²) in [6.07, 6.45) is -7.50. The Hall–Kier alpha value is -2.62. The number of benzene rings is 1. The first-order valence-electron chi connectivity index (χ1n) is 9.92.